The van der Waals surface area contributed by atoms with Crippen LogP contribution in [0.15, 0.2) is 123 Å². The van der Waals surface area contributed by atoms with Crippen LogP contribution in [0.3, 0.4) is 0 Å². The molecule has 0 spiro atoms. The number of aryl methyl sites for hydroxylation is 3. The van der Waals surface area contributed by atoms with Crippen molar-refractivity contribution < 1.29 is 61.1 Å². The summed E-state index contributed by atoms with van der Waals surface area (Å²) < 4.78 is 66.4. The number of carbonyl (C=O) groups excluding carboxylic acids is 3. The summed E-state index contributed by atoms with van der Waals surface area (Å²) in [6.45, 7) is 17.5. The summed E-state index contributed by atoms with van der Waals surface area (Å²) in [6, 6.07) is 27.7. The number of H-pyrrole nitrogens is 1. The molecule has 4 aromatic carbocycles. The Morgan fingerprint density at radius 3 is 1.76 bits per heavy atom. The second-order valence-corrected chi connectivity index (χ2v) is 26.8. The number of esters is 1. The van der Waals surface area contributed by atoms with Crippen LogP contribution < -0.4 is 36.7 Å². The van der Waals surface area contributed by atoms with Crippen LogP contribution >= 0.6 is 8.60 Å². The molecule has 2 aromatic heterocycles. The van der Waals surface area contributed by atoms with Gasteiger partial charge in [0.05, 0.1) is 46.6 Å². The van der Waals surface area contributed by atoms with Crippen LogP contribution in [-0.4, -0.2) is 108 Å². The quantitative estimate of drug-likeness (QED) is 0.0123. The van der Waals surface area contributed by atoms with Crippen molar-refractivity contribution in [2.24, 2.45) is 0 Å². The Bertz CT molecular complexity index is 3830. The summed E-state index contributed by atoms with van der Waals surface area (Å²) in [5.74, 6) is -0.156. The second-order valence-electron chi connectivity index (χ2n) is 25.6. The third-order valence-corrected chi connectivity index (χ3v) is 19.5. The third kappa shape index (κ3) is 21.1. The van der Waals surface area contributed by atoms with E-state index in [1.165, 1.54) is 114 Å². The zero-order valence-corrected chi connectivity index (χ0v) is 59.5. The molecule has 534 valence electrons. The van der Waals surface area contributed by atoms with Crippen molar-refractivity contribution in [1.29, 1.82) is 0 Å². The molecule has 2 fully saturated rings. The van der Waals surface area contributed by atoms with Crippen LogP contribution in [0.2, 0.25) is 0 Å². The Hall–Kier alpha value is -7.87. The Morgan fingerprint density at radius 1 is 0.636 bits per heavy atom. The van der Waals surface area contributed by atoms with Crippen molar-refractivity contribution in [3.63, 3.8) is 0 Å². The molecule has 1 N–H and O–H groups in total. The maximum absolute atomic E-state index is 14.8. The zero-order chi connectivity index (χ0) is 70.8. The van der Waals surface area contributed by atoms with Gasteiger partial charge in [0.15, 0.2) is 0 Å². The first-order chi connectivity index (χ1) is 47.9. The number of methoxy groups -OCH3 is 2. The molecule has 0 amide bonds. The van der Waals surface area contributed by atoms with Crippen LogP contribution in [0.25, 0.3) is 4.85 Å². The summed E-state index contributed by atoms with van der Waals surface area (Å²) in [7, 11) is 0.653. The zero-order valence-electron chi connectivity index (χ0n) is 58.6. The van der Waals surface area contributed by atoms with Gasteiger partial charge in [-0.15, -0.1) is 0 Å². The average molecular weight is 1380 g/mol. The molecular formula is C76H98N5O17P. The maximum atomic E-state index is 14.8. The van der Waals surface area contributed by atoms with E-state index in [2.05, 4.69) is 16.8 Å². The highest BCUT2D eigenvalue weighted by Gasteiger charge is 2.46. The smallest absolute Gasteiger partial charge is 0.340 e. The van der Waals surface area contributed by atoms with Gasteiger partial charge < -0.3 is 56.4 Å². The molecule has 4 heterocycles. The normalized spacial score (nSPS) is 17.8. The maximum Gasteiger partial charge on any atom is 0.340 e. The van der Waals surface area contributed by atoms with Crippen LogP contribution in [0.5, 0.6) is 17.2 Å². The van der Waals surface area contributed by atoms with Gasteiger partial charge in [0, 0.05) is 48.3 Å². The van der Waals surface area contributed by atoms with Crippen LogP contribution in [0.4, 0.5) is 0 Å². The number of nitrogens with one attached hydrogen (secondary N) is 1. The van der Waals surface area contributed by atoms with Crippen LogP contribution in [0, 0.1) is 34.3 Å². The number of Topliss-reactive ketones (excluding diaryl/α,β-unsaturated/α-hetero) is 1. The van der Waals surface area contributed by atoms with Gasteiger partial charge in [-0.2, -0.15) is 4.57 Å². The monoisotopic (exact) mass is 1380 g/mol. The van der Waals surface area contributed by atoms with E-state index in [4.69, 9.17) is 53.3 Å². The van der Waals surface area contributed by atoms with E-state index in [-0.39, 0.29) is 67.9 Å². The number of unbranched alkanes of at least 4 members (excludes halogenated alkanes) is 15. The molecule has 0 radical (unpaired) electrons. The number of ketones is 1. The molecule has 1 unspecified atom stereocenters. The first kappa shape index (κ1) is 76.9. The molecule has 22 nitrogen and oxygen atoms in total. The van der Waals surface area contributed by atoms with Crippen molar-refractivity contribution in [2.45, 2.75) is 212 Å². The number of benzene rings is 4. The molecule has 2 aliphatic rings. The van der Waals surface area contributed by atoms with Gasteiger partial charge in [-0.3, -0.25) is 33.3 Å². The molecule has 2 aliphatic heterocycles. The minimum Gasteiger partial charge on any atom is -0.497 e. The number of hydrogen-bond acceptors (Lipinski definition) is 17. The Kier molecular flexibility index (Phi) is 30.0. The second kappa shape index (κ2) is 38.6. The average Bonchev–Trinajstić information content (AvgIpc) is 1.15. The topological polar surface area (TPSA) is 247 Å². The van der Waals surface area contributed by atoms with E-state index in [0.29, 0.717) is 28.4 Å². The summed E-state index contributed by atoms with van der Waals surface area (Å²) >= 11 is 0. The van der Waals surface area contributed by atoms with Crippen molar-refractivity contribution in [3.05, 3.63) is 201 Å². The molecular weight excluding hydrogens is 1290 g/mol. The first-order valence-electron chi connectivity index (χ1n) is 34.9. The van der Waals surface area contributed by atoms with Gasteiger partial charge in [0.1, 0.15) is 66.0 Å². The van der Waals surface area contributed by atoms with Crippen molar-refractivity contribution in [1.82, 2.24) is 18.7 Å². The fraction of sp³-hybridized carbons (Fsp3) is 0.526. The van der Waals surface area contributed by atoms with E-state index in [0.717, 1.165) is 51.6 Å². The minimum absolute atomic E-state index is 0.0115. The first-order valence-corrected chi connectivity index (χ1v) is 36.0. The lowest BCUT2D eigenvalue weighted by Crippen LogP contribution is -2.45. The van der Waals surface area contributed by atoms with E-state index >= 15 is 0 Å². The SMILES string of the molecule is [C-]#[N+]CCOP(OC[C@H]1O[C@@H](n2cc(C)c(=O)n(C(=O)c3cc(C)c(C)c(OCCCCCCCCCCCCCCCCCC)c3)c2=O)C[C@H]1OC(=O)CCC(C)=O)O[C@@H]1C[C@H](n2cc(C)c(=O)[nH]c2=O)O[C@@H]1COC(c1ccccc1)(c1ccc(OC)cc1)c1ccc(OC)cc1. The van der Waals surface area contributed by atoms with Gasteiger partial charge in [-0.05, 0) is 105 Å². The lowest BCUT2D eigenvalue weighted by atomic mass is 9.80. The predicted octanol–water partition coefficient (Wildman–Crippen LogP) is 13.6. The van der Waals surface area contributed by atoms with Crippen LogP contribution in [-0.2, 0) is 47.7 Å². The number of aromatic amines is 1. The van der Waals surface area contributed by atoms with Gasteiger partial charge >= 0.3 is 26.0 Å². The molecule has 6 aromatic rings. The number of carbonyl (C=O) groups is 3. The Morgan fingerprint density at radius 2 is 1.18 bits per heavy atom. The molecule has 23 heteroatoms. The molecule has 8 rings (SSSR count). The summed E-state index contributed by atoms with van der Waals surface area (Å²) in [6.07, 6.45) is 15.5. The molecule has 0 aliphatic carbocycles. The highest BCUT2D eigenvalue weighted by atomic mass is 31.2. The fourth-order valence-corrected chi connectivity index (χ4v) is 13.7. The molecule has 0 saturated carbocycles. The summed E-state index contributed by atoms with van der Waals surface area (Å²) in [5.41, 5.74) is -0.392. The van der Waals surface area contributed by atoms with Crippen molar-refractivity contribution in [3.8, 4) is 17.2 Å². The highest BCUT2D eigenvalue weighted by Crippen LogP contribution is 2.48. The Labute approximate surface area is 581 Å². The summed E-state index contributed by atoms with van der Waals surface area (Å²) in [5, 5.41) is 0. The molecule has 0 bridgehead atoms. The molecule has 2 saturated heterocycles. The highest BCUT2D eigenvalue weighted by molar-refractivity contribution is 7.41. The standard InChI is InChI=1S/C76H98N5O17P/c1-10-11-12-13-14-15-16-17-18-19-20-21-22-23-24-28-42-91-63-45-57(44-52(2)56(63)6)73(86)81-72(85)54(4)49-80(75(81)88)69-46-64(97-70(83)40-31-55(5)82)67(96-69)51-94-99(93-43-41-77-7)98-65-47-68(79-48-53(3)71(84)78-74(79)87)95-66(65)50-92-76(58-29-26-25-27-30-58,59-32-36-61(89-8)37-33-59)60-34-38-62(90-9)39-35-60/h25-27,29-30,32-39,44-45,48-49,64-69H,10-24,28,31,40-43,46-47,50-51H2,1-6,8-9H3,(H,78,84,87)/t64-,65-,66-,67-,68-,69-,99?/m1/s1. The van der Waals surface area contributed by atoms with Gasteiger partial charge in [0.25, 0.3) is 17.0 Å². The Balaban J connectivity index is 1.01. The number of ether oxygens (including phenoxy) is 7. The fourth-order valence-electron chi connectivity index (χ4n) is 12.5. The number of rotatable bonds is 41. The summed E-state index contributed by atoms with van der Waals surface area (Å²) in [4.78, 5) is 101. The van der Waals surface area contributed by atoms with Crippen molar-refractivity contribution >= 4 is 26.3 Å². The van der Waals surface area contributed by atoms with E-state index < -0.39 is 92.1 Å². The van der Waals surface area contributed by atoms with Gasteiger partial charge in [-0.1, -0.05) is 158 Å². The van der Waals surface area contributed by atoms with E-state index in [1.54, 1.807) is 33.3 Å². The lowest BCUT2D eigenvalue weighted by Gasteiger charge is -2.37. The van der Waals surface area contributed by atoms with E-state index in [1.807, 2.05) is 92.7 Å². The third-order valence-electron chi connectivity index (χ3n) is 18.3. The number of nitrogens with zero attached hydrogens (tertiary/aromatic N) is 4. The lowest BCUT2D eigenvalue weighted by molar-refractivity contribution is -0.153. The molecule has 99 heavy (non-hydrogen) atoms. The van der Waals surface area contributed by atoms with Gasteiger partial charge in [-0.25, -0.2) is 16.2 Å². The van der Waals surface area contributed by atoms with Crippen molar-refractivity contribution in [2.75, 3.05) is 47.2 Å². The largest absolute Gasteiger partial charge is 0.497 e. The minimum atomic E-state index is -2.50. The van der Waals surface area contributed by atoms with Gasteiger partial charge in [0.2, 0.25) is 6.54 Å². The number of aromatic nitrogens is 4. The van der Waals surface area contributed by atoms with E-state index in [9.17, 15) is 33.6 Å². The number of hydrogen-bond donors (Lipinski definition) is 1. The van der Waals surface area contributed by atoms with Crippen LogP contribution in [0.1, 0.15) is 204 Å². The molecule has 7 atom stereocenters. The predicted molar refractivity (Wildman–Crippen MR) is 377 cm³/mol.